The number of hydrogen-bond donors (Lipinski definition) is 1. The van der Waals surface area contributed by atoms with Crippen LogP contribution in [0.1, 0.15) is 18.9 Å². The second-order valence-corrected chi connectivity index (χ2v) is 7.79. The number of rotatable bonds is 5. The number of phenols is 1. The molecule has 1 saturated heterocycles. The molecule has 0 radical (unpaired) electrons. The fourth-order valence-corrected chi connectivity index (χ4v) is 3.96. The Morgan fingerprint density at radius 3 is 2.67 bits per heavy atom. The number of nitrogens with zero attached hydrogens (tertiary/aromatic N) is 2. The van der Waals surface area contributed by atoms with Gasteiger partial charge in [-0.25, -0.2) is 4.99 Å². The number of amides is 1. The Bertz CT molecular complexity index is 910. The maximum atomic E-state index is 12.8. The molecule has 0 aliphatic carbocycles. The third kappa shape index (κ3) is 4.54. The van der Waals surface area contributed by atoms with E-state index in [0.717, 1.165) is 22.3 Å². The van der Waals surface area contributed by atoms with Crippen LogP contribution < -0.4 is 4.74 Å². The smallest absolute Gasteiger partial charge is 0.266 e. The Labute approximate surface area is 170 Å². The molecule has 0 spiro atoms. The molecule has 27 heavy (non-hydrogen) atoms. The molecule has 1 heterocycles. The van der Waals surface area contributed by atoms with E-state index in [9.17, 15) is 9.90 Å². The molecule has 1 aliphatic heterocycles. The molecule has 1 N–H and O–H groups in total. The number of carbonyl (C=O) groups excluding carboxylic acids is 1. The van der Waals surface area contributed by atoms with Crippen LogP contribution in [-0.2, 0) is 4.79 Å². The highest BCUT2D eigenvalue weighted by atomic mass is 79.9. The molecule has 0 aromatic heterocycles. The number of benzene rings is 2. The summed E-state index contributed by atoms with van der Waals surface area (Å²) in [7, 11) is 1.61. The largest absolute Gasteiger partial charge is 0.507 e. The van der Waals surface area contributed by atoms with Gasteiger partial charge in [0.15, 0.2) is 5.17 Å². The maximum Gasteiger partial charge on any atom is 0.266 e. The lowest BCUT2D eigenvalue weighted by atomic mass is 10.2. The zero-order chi connectivity index (χ0) is 19.4. The van der Waals surface area contributed by atoms with E-state index in [4.69, 9.17) is 4.74 Å². The monoisotopic (exact) mass is 446 g/mol. The van der Waals surface area contributed by atoms with Crippen LogP contribution in [-0.4, -0.2) is 34.7 Å². The Morgan fingerprint density at radius 1 is 1.26 bits per heavy atom. The first-order valence-electron chi connectivity index (χ1n) is 8.44. The van der Waals surface area contributed by atoms with Gasteiger partial charge in [0.1, 0.15) is 11.5 Å². The molecule has 5 nitrogen and oxygen atoms in total. The number of halogens is 1. The normalized spacial score (nSPS) is 17.1. The number of carbonyl (C=O) groups is 1. The van der Waals surface area contributed by atoms with Crippen molar-refractivity contribution >= 4 is 50.5 Å². The average molecular weight is 447 g/mol. The van der Waals surface area contributed by atoms with Crippen LogP contribution in [0.2, 0.25) is 0 Å². The Morgan fingerprint density at radius 2 is 2.00 bits per heavy atom. The first kappa shape index (κ1) is 19.5. The summed E-state index contributed by atoms with van der Waals surface area (Å²) < 4.78 is 6.00. The molecule has 0 saturated carbocycles. The van der Waals surface area contributed by atoms with Gasteiger partial charge in [-0.3, -0.25) is 9.69 Å². The molecule has 7 heteroatoms. The van der Waals surface area contributed by atoms with Gasteiger partial charge in [0.25, 0.3) is 5.91 Å². The highest BCUT2D eigenvalue weighted by molar-refractivity contribution is 9.10. The average Bonchev–Trinajstić information content (AvgIpc) is 2.94. The van der Waals surface area contributed by atoms with Gasteiger partial charge in [-0.15, -0.1) is 0 Å². The molecule has 2 aromatic carbocycles. The number of aliphatic imine (C=N–C) groups is 1. The van der Waals surface area contributed by atoms with E-state index in [1.165, 1.54) is 11.8 Å². The fourth-order valence-electron chi connectivity index (χ4n) is 2.56. The van der Waals surface area contributed by atoms with Gasteiger partial charge in [0.2, 0.25) is 0 Å². The van der Waals surface area contributed by atoms with Crippen LogP contribution in [0.25, 0.3) is 6.08 Å². The summed E-state index contributed by atoms with van der Waals surface area (Å²) in [6, 6.07) is 12.5. The Balaban J connectivity index is 1.94. The predicted octanol–water partition coefficient (Wildman–Crippen LogP) is 5.18. The maximum absolute atomic E-state index is 12.8. The van der Waals surface area contributed by atoms with Crippen molar-refractivity contribution in [1.82, 2.24) is 4.90 Å². The SMILES string of the molecule is CCCN1C(=O)C(=Cc2cc(Br)ccc2O)SC1=Nc1ccc(OC)cc1. The number of hydrogen-bond acceptors (Lipinski definition) is 5. The molecular weight excluding hydrogens is 428 g/mol. The van der Waals surface area contributed by atoms with E-state index in [0.29, 0.717) is 22.2 Å². The fraction of sp³-hybridized carbons (Fsp3) is 0.200. The highest BCUT2D eigenvalue weighted by Gasteiger charge is 2.33. The van der Waals surface area contributed by atoms with Crippen LogP contribution >= 0.6 is 27.7 Å². The van der Waals surface area contributed by atoms with Crippen molar-refractivity contribution in [2.45, 2.75) is 13.3 Å². The number of aromatic hydroxyl groups is 1. The summed E-state index contributed by atoms with van der Waals surface area (Å²) in [4.78, 5) is 19.7. The molecule has 0 atom stereocenters. The summed E-state index contributed by atoms with van der Waals surface area (Å²) in [5.41, 5.74) is 1.33. The van der Waals surface area contributed by atoms with Gasteiger partial charge in [0.05, 0.1) is 17.7 Å². The van der Waals surface area contributed by atoms with E-state index in [1.54, 1.807) is 36.3 Å². The third-order valence-corrected chi connectivity index (χ3v) is 5.41. The minimum Gasteiger partial charge on any atom is -0.507 e. The zero-order valence-electron chi connectivity index (χ0n) is 15.0. The van der Waals surface area contributed by atoms with Crippen molar-refractivity contribution < 1.29 is 14.6 Å². The van der Waals surface area contributed by atoms with E-state index >= 15 is 0 Å². The summed E-state index contributed by atoms with van der Waals surface area (Å²) >= 11 is 4.70. The van der Waals surface area contributed by atoms with Crippen molar-refractivity contribution in [2.24, 2.45) is 4.99 Å². The highest BCUT2D eigenvalue weighted by Crippen LogP contribution is 2.36. The lowest BCUT2D eigenvalue weighted by Crippen LogP contribution is -2.29. The predicted molar refractivity (Wildman–Crippen MR) is 113 cm³/mol. The lowest BCUT2D eigenvalue weighted by Gasteiger charge is -2.14. The third-order valence-electron chi connectivity index (χ3n) is 3.91. The minimum absolute atomic E-state index is 0.103. The molecular formula is C20H19BrN2O3S. The van der Waals surface area contributed by atoms with E-state index < -0.39 is 0 Å². The molecule has 0 bridgehead atoms. The zero-order valence-corrected chi connectivity index (χ0v) is 17.4. The van der Waals surface area contributed by atoms with Crippen LogP contribution in [0, 0.1) is 0 Å². The van der Waals surface area contributed by atoms with Crippen molar-refractivity contribution in [3.63, 3.8) is 0 Å². The molecule has 3 rings (SSSR count). The van der Waals surface area contributed by atoms with Crippen molar-refractivity contribution in [3.8, 4) is 11.5 Å². The van der Waals surface area contributed by atoms with E-state index in [1.807, 2.05) is 31.2 Å². The summed E-state index contributed by atoms with van der Waals surface area (Å²) in [5, 5.41) is 10.7. The van der Waals surface area contributed by atoms with Crippen LogP contribution in [0.5, 0.6) is 11.5 Å². The van der Waals surface area contributed by atoms with E-state index in [-0.39, 0.29) is 11.7 Å². The van der Waals surface area contributed by atoms with Crippen LogP contribution in [0.15, 0.2) is 56.8 Å². The summed E-state index contributed by atoms with van der Waals surface area (Å²) in [5.74, 6) is 0.778. The molecule has 1 fully saturated rings. The molecule has 2 aromatic rings. The lowest BCUT2D eigenvalue weighted by molar-refractivity contribution is -0.122. The van der Waals surface area contributed by atoms with Gasteiger partial charge in [0, 0.05) is 16.6 Å². The second-order valence-electron chi connectivity index (χ2n) is 5.86. The molecule has 1 amide bonds. The standard InChI is InChI=1S/C20H19BrN2O3S/c1-3-10-23-19(25)18(12-13-11-14(21)4-9-17(13)24)27-20(23)22-15-5-7-16(26-2)8-6-15/h4-9,11-12,24H,3,10H2,1-2H3. The molecule has 1 aliphatic rings. The van der Waals surface area contributed by atoms with Gasteiger partial charge in [-0.2, -0.15) is 0 Å². The molecule has 0 unspecified atom stereocenters. The second kappa shape index (κ2) is 8.63. The van der Waals surface area contributed by atoms with Crippen molar-refractivity contribution in [1.29, 1.82) is 0 Å². The number of phenolic OH excluding ortho intramolecular Hbond substituents is 1. The first-order chi connectivity index (χ1) is 13.0. The number of thioether (sulfide) groups is 1. The van der Waals surface area contributed by atoms with Gasteiger partial charge in [-0.05, 0) is 66.7 Å². The van der Waals surface area contributed by atoms with Gasteiger partial charge < -0.3 is 9.84 Å². The molecule has 140 valence electrons. The van der Waals surface area contributed by atoms with Crippen molar-refractivity contribution in [3.05, 3.63) is 57.4 Å². The van der Waals surface area contributed by atoms with Gasteiger partial charge in [-0.1, -0.05) is 22.9 Å². The Kier molecular flexibility index (Phi) is 6.23. The Hall–Kier alpha value is -2.25. The summed E-state index contributed by atoms with van der Waals surface area (Å²) in [6.45, 7) is 2.60. The topological polar surface area (TPSA) is 62.1 Å². The van der Waals surface area contributed by atoms with Crippen LogP contribution in [0.4, 0.5) is 5.69 Å². The van der Waals surface area contributed by atoms with Gasteiger partial charge >= 0.3 is 0 Å². The summed E-state index contributed by atoms with van der Waals surface area (Å²) in [6.07, 6.45) is 2.52. The number of methoxy groups -OCH3 is 1. The first-order valence-corrected chi connectivity index (χ1v) is 10.1. The minimum atomic E-state index is -0.103. The van der Waals surface area contributed by atoms with Crippen LogP contribution in [0.3, 0.4) is 0 Å². The van der Waals surface area contributed by atoms with Crippen molar-refractivity contribution in [2.75, 3.05) is 13.7 Å². The number of amidine groups is 1. The number of ether oxygens (including phenoxy) is 1. The van der Waals surface area contributed by atoms with E-state index in [2.05, 4.69) is 20.9 Å². The quantitative estimate of drug-likeness (QED) is 0.642.